The fourth-order valence-electron chi connectivity index (χ4n) is 5.04. The Hall–Kier alpha value is -3.63. The molecule has 0 bridgehead atoms. The molecule has 2 aromatic carbocycles. The second-order valence-corrected chi connectivity index (χ2v) is 13.7. The maximum Gasteiger partial charge on any atom is 0.341 e. The third-order valence-corrected chi connectivity index (χ3v) is 9.81. The van der Waals surface area contributed by atoms with Gasteiger partial charge >= 0.3 is 11.9 Å². The highest BCUT2D eigenvalue weighted by Crippen LogP contribution is 2.45. The molecule has 0 spiro atoms. The summed E-state index contributed by atoms with van der Waals surface area (Å²) in [6.07, 6.45) is 2.19. The molecule has 3 aromatic rings. The largest absolute Gasteiger partial charge is 0.481 e. The third-order valence-electron chi connectivity index (χ3n) is 7.39. The van der Waals surface area contributed by atoms with Crippen molar-refractivity contribution in [1.29, 1.82) is 0 Å². The Morgan fingerprint density at radius 1 is 1.05 bits per heavy atom. The Morgan fingerprint density at radius 2 is 1.79 bits per heavy atom. The van der Waals surface area contributed by atoms with E-state index in [2.05, 4.69) is 31.4 Å². The molecule has 4 rings (SSSR count). The number of rotatable bonds is 10. The number of carboxylic acid groups (broad SMARTS) is 1. The summed E-state index contributed by atoms with van der Waals surface area (Å²) in [6, 6.07) is 16.4. The molecule has 10 heteroatoms. The quantitative estimate of drug-likeness (QED) is 0.168. The smallest absolute Gasteiger partial charge is 0.341 e. The first kappa shape index (κ1) is 31.3. The van der Waals surface area contributed by atoms with Crippen LogP contribution in [0.2, 0.25) is 0 Å². The minimum atomic E-state index is -1.04. The molecular formula is C32H36N2O6S2. The fraction of sp³-hybridized carbons (Fsp3) is 0.375. The third kappa shape index (κ3) is 7.80. The molecule has 1 aliphatic carbocycles. The molecule has 2 amide bonds. The van der Waals surface area contributed by atoms with Crippen molar-refractivity contribution >= 4 is 57.5 Å². The predicted octanol–water partition coefficient (Wildman–Crippen LogP) is 6.96. The van der Waals surface area contributed by atoms with E-state index in [4.69, 9.17) is 9.84 Å². The number of hydrogen-bond donors (Lipinski definition) is 3. The normalized spacial score (nSPS) is 15.3. The lowest BCUT2D eigenvalue weighted by Gasteiger charge is -2.33. The number of carbonyl (C=O) groups is 4. The number of aliphatic carboxylic acids is 1. The van der Waals surface area contributed by atoms with Crippen LogP contribution in [0.1, 0.15) is 71.6 Å². The molecule has 0 aliphatic heterocycles. The van der Waals surface area contributed by atoms with Gasteiger partial charge in [0, 0.05) is 21.9 Å². The molecule has 222 valence electrons. The average Bonchev–Trinajstić information content (AvgIpc) is 3.31. The van der Waals surface area contributed by atoms with E-state index in [1.54, 1.807) is 18.2 Å². The van der Waals surface area contributed by atoms with Crippen molar-refractivity contribution in [2.24, 2.45) is 11.3 Å². The lowest BCUT2D eigenvalue weighted by atomic mass is 9.72. The highest BCUT2D eigenvalue weighted by Gasteiger charge is 2.35. The van der Waals surface area contributed by atoms with Gasteiger partial charge < -0.3 is 20.5 Å². The first-order valence-electron chi connectivity index (χ1n) is 13.8. The maximum absolute atomic E-state index is 13.9. The van der Waals surface area contributed by atoms with Crippen LogP contribution >= 0.6 is 23.1 Å². The van der Waals surface area contributed by atoms with Crippen LogP contribution in [0.25, 0.3) is 0 Å². The van der Waals surface area contributed by atoms with Crippen LogP contribution in [0.5, 0.6) is 0 Å². The lowest BCUT2D eigenvalue weighted by molar-refractivity contribution is -0.138. The molecule has 0 saturated carbocycles. The van der Waals surface area contributed by atoms with E-state index in [1.165, 1.54) is 30.2 Å². The van der Waals surface area contributed by atoms with E-state index >= 15 is 0 Å². The lowest BCUT2D eigenvalue weighted by Crippen LogP contribution is -2.26. The van der Waals surface area contributed by atoms with Gasteiger partial charge in [-0.1, -0.05) is 57.2 Å². The molecule has 0 radical (unpaired) electrons. The van der Waals surface area contributed by atoms with Crippen molar-refractivity contribution in [3.05, 3.63) is 76.2 Å². The Balaban J connectivity index is 1.60. The van der Waals surface area contributed by atoms with Gasteiger partial charge in [0.15, 0.2) is 0 Å². The number of nitrogens with one attached hydrogen (secondary N) is 2. The number of anilines is 2. The molecule has 3 N–H and O–H groups in total. The molecule has 2 atom stereocenters. The number of carbonyl (C=O) groups excluding carboxylic acids is 3. The minimum absolute atomic E-state index is 0.133. The molecule has 1 aromatic heterocycles. The van der Waals surface area contributed by atoms with Gasteiger partial charge in [-0.25, -0.2) is 4.79 Å². The van der Waals surface area contributed by atoms with Gasteiger partial charge in [0.1, 0.15) is 10.3 Å². The number of hydrogen-bond acceptors (Lipinski definition) is 7. The number of ether oxygens (including phenoxy) is 1. The van der Waals surface area contributed by atoms with Crippen molar-refractivity contribution in [3.8, 4) is 0 Å². The van der Waals surface area contributed by atoms with Crippen LogP contribution in [0.4, 0.5) is 10.7 Å². The summed E-state index contributed by atoms with van der Waals surface area (Å²) in [5, 5.41) is 14.5. The maximum atomic E-state index is 13.9. The number of benzene rings is 2. The number of amides is 2. The number of esters is 1. The molecule has 0 saturated heterocycles. The number of carboxylic acids is 1. The van der Waals surface area contributed by atoms with Crippen molar-refractivity contribution in [2.75, 3.05) is 17.7 Å². The summed E-state index contributed by atoms with van der Waals surface area (Å²) in [6.45, 7) is 6.70. The van der Waals surface area contributed by atoms with Gasteiger partial charge in [-0.05, 0) is 59.9 Å². The zero-order valence-corrected chi connectivity index (χ0v) is 25.8. The Bertz CT molecular complexity index is 1460. The van der Waals surface area contributed by atoms with Crippen LogP contribution < -0.4 is 10.6 Å². The van der Waals surface area contributed by atoms with Crippen molar-refractivity contribution in [3.63, 3.8) is 0 Å². The average molecular weight is 609 g/mol. The number of fused-ring (bicyclic) bond motifs is 1. The highest BCUT2D eigenvalue weighted by molar-refractivity contribution is 8.00. The summed E-state index contributed by atoms with van der Waals surface area (Å²) in [4.78, 5) is 51.7. The number of thioether (sulfide) groups is 1. The monoisotopic (exact) mass is 608 g/mol. The van der Waals surface area contributed by atoms with Crippen molar-refractivity contribution in [1.82, 2.24) is 0 Å². The van der Waals surface area contributed by atoms with E-state index in [9.17, 15) is 19.2 Å². The summed E-state index contributed by atoms with van der Waals surface area (Å²) in [5.41, 5.74) is 2.84. The van der Waals surface area contributed by atoms with Gasteiger partial charge in [-0.3, -0.25) is 14.4 Å². The molecule has 0 fully saturated rings. The standard InChI is InChI=1S/C32H36N2O6S2/c1-32(2,3)20-13-14-23-24(17-20)42-30(27(23)31(39)40-4)34-29(38)28(19-9-6-5-7-10-19)41-22-12-8-11-21(18-22)33-25(35)15-16-26(36)37/h5-12,18,20,28H,13-17H2,1-4H3,(H,33,35)(H,34,38)(H,36,37). The molecule has 42 heavy (non-hydrogen) atoms. The molecule has 1 aliphatic rings. The second-order valence-electron chi connectivity index (χ2n) is 11.4. The second kappa shape index (κ2) is 13.6. The zero-order valence-electron chi connectivity index (χ0n) is 24.2. The van der Waals surface area contributed by atoms with E-state index in [1.807, 2.05) is 36.4 Å². The van der Waals surface area contributed by atoms with E-state index in [-0.39, 0.29) is 24.2 Å². The molecule has 2 unspecified atom stereocenters. The van der Waals surface area contributed by atoms with Gasteiger partial charge in [0.25, 0.3) is 0 Å². The minimum Gasteiger partial charge on any atom is -0.481 e. The Morgan fingerprint density at radius 3 is 2.45 bits per heavy atom. The zero-order chi connectivity index (χ0) is 30.4. The van der Waals surface area contributed by atoms with E-state index in [0.29, 0.717) is 22.2 Å². The fourth-order valence-corrected chi connectivity index (χ4v) is 7.44. The first-order valence-corrected chi connectivity index (χ1v) is 15.5. The topological polar surface area (TPSA) is 122 Å². The van der Waals surface area contributed by atoms with Gasteiger partial charge in [0.2, 0.25) is 11.8 Å². The van der Waals surface area contributed by atoms with Gasteiger partial charge in [-0.2, -0.15) is 0 Å². The van der Waals surface area contributed by atoms with Gasteiger partial charge in [0.05, 0.1) is 19.1 Å². The highest BCUT2D eigenvalue weighted by atomic mass is 32.2. The van der Waals surface area contributed by atoms with E-state index in [0.717, 1.165) is 40.2 Å². The van der Waals surface area contributed by atoms with Crippen molar-refractivity contribution in [2.45, 2.75) is 63.0 Å². The number of thiophene rings is 1. The van der Waals surface area contributed by atoms with Crippen LogP contribution in [0.15, 0.2) is 59.5 Å². The molecular weight excluding hydrogens is 572 g/mol. The summed E-state index contributed by atoms with van der Waals surface area (Å²) < 4.78 is 5.14. The SMILES string of the molecule is COC(=O)c1c(NC(=O)C(Sc2cccc(NC(=O)CCC(=O)O)c2)c2ccccc2)sc2c1CCC(C(C)(C)C)C2. The van der Waals surface area contributed by atoms with Crippen LogP contribution in [-0.4, -0.2) is 36.0 Å². The Kier molecular flexibility index (Phi) is 10.1. The van der Waals surface area contributed by atoms with Crippen molar-refractivity contribution < 1.29 is 29.0 Å². The molecule has 8 nitrogen and oxygen atoms in total. The Labute approximate surface area is 254 Å². The number of methoxy groups -OCH3 is 1. The first-order chi connectivity index (χ1) is 20.0. The summed E-state index contributed by atoms with van der Waals surface area (Å²) in [5.74, 6) is -1.70. The summed E-state index contributed by atoms with van der Waals surface area (Å²) in [7, 11) is 1.36. The van der Waals surface area contributed by atoms with Crippen LogP contribution in [0, 0.1) is 11.3 Å². The summed E-state index contributed by atoms with van der Waals surface area (Å²) >= 11 is 2.78. The van der Waals surface area contributed by atoms with Gasteiger partial charge in [-0.15, -0.1) is 23.1 Å². The van der Waals surface area contributed by atoms with E-state index < -0.39 is 23.1 Å². The molecule has 1 heterocycles. The van der Waals surface area contributed by atoms with Crippen LogP contribution in [0.3, 0.4) is 0 Å². The predicted molar refractivity (Wildman–Crippen MR) is 166 cm³/mol. The van der Waals surface area contributed by atoms with Crippen LogP contribution in [-0.2, 0) is 32.0 Å².